The zero-order valence-corrected chi connectivity index (χ0v) is 13.7. The molecule has 114 valence electrons. The van der Waals surface area contributed by atoms with E-state index in [1.54, 1.807) is 7.05 Å². The molecule has 4 nitrogen and oxygen atoms in total. The van der Waals surface area contributed by atoms with E-state index in [2.05, 4.69) is 12.2 Å². The van der Waals surface area contributed by atoms with E-state index in [-0.39, 0.29) is 11.8 Å². The van der Waals surface area contributed by atoms with Gasteiger partial charge in [0.2, 0.25) is 10.0 Å². The first-order valence-electron chi connectivity index (χ1n) is 7.08. The van der Waals surface area contributed by atoms with Crippen LogP contribution in [0.15, 0.2) is 24.3 Å². The van der Waals surface area contributed by atoms with E-state index in [1.165, 1.54) is 4.31 Å². The van der Waals surface area contributed by atoms with Crippen LogP contribution in [0.3, 0.4) is 0 Å². The predicted molar refractivity (Wildman–Crippen MR) is 84.0 cm³/mol. The zero-order valence-electron chi connectivity index (χ0n) is 12.9. The largest absolute Gasteiger partial charge is 0.316 e. The van der Waals surface area contributed by atoms with Gasteiger partial charge in [-0.05, 0) is 31.5 Å². The molecule has 1 N–H and O–H groups in total. The van der Waals surface area contributed by atoms with Gasteiger partial charge in [0.1, 0.15) is 0 Å². The quantitative estimate of drug-likeness (QED) is 0.801. The summed E-state index contributed by atoms with van der Waals surface area (Å²) in [4.78, 5) is 0. The monoisotopic (exact) mass is 298 g/mol. The van der Waals surface area contributed by atoms with Crippen molar-refractivity contribution in [3.05, 3.63) is 35.4 Å². The fourth-order valence-electron chi connectivity index (χ4n) is 2.22. The van der Waals surface area contributed by atoms with Crippen LogP contribution in [-0.4, -0.2) is 32.9 Å². The van der Waals surface area contributed by atoms with Gasteiger partial charge < -0.3 is 5.32 Å². The fraction of sp³-hybridized carbons (Fsp3) is 0.600. The Morgan fingerprint density at radius 3 is 2.55 bits per heavy atom. The standard InChI is InChI=1S/C15H26N2O2S/c1-5-7-13(2)17(4)20(18,19)12-15-9-6-8-14(10-15)11-16-3/h6,8-10,13,16H,5,7,11-12H2,1-4H3. The summed E-state index contributed by atoms with van der Waals surface area (Å²) >= 11 is 0. The van der Waals surface area contributed by atoms with Crippen molar-refractivity contribution in [3.63, 3.8) is 0 Å². The lowest BCUT2D eigenvalue weighted by molar-refractivity contribution is 0.368. The summed E-state index contributed by atoms with van der Waals surface area (Å²) in [5, 5.41) is 3.07. The normalized spacial score (nSPS) is 13.7. The lowest BCUT2D eigenvalue weighted by atomic mass is 10.1. The minimum Gasteiger partial charge on any atom is -0.316 e. The molecule has 1 aromatic rings. The van der Waals surface area contributed by atoms with E-state index in [0.29, 0.717) is 0 Å². The second-order valence-electron chi connectivity index (χ2n) is 5.26. The molecule has 0 aliphatic carbocycles. The third kappa shape index (κ3) is 4.89. The molecule has 5 heteroatoms. The Morgan fingerprint density at radius 2 is 1.95 bits per heavy atom. The highest BCUT2D eigenvalue weighted by Crippen LogP contribution is 2.15. The van der Waals surface area contributed by atoms with Crippen LogP contribution in [0.5, 0.6) is 0 Å². The maximum absolute atomic E-state index is 12.4. The molecule has 0 radical (unpaired) electrons. The molecule has 0 aliphatic rings. The third-order valence-corrected chi connectivity index (χ3v) is 5.42. The van der Waals surface area contributed by atoms with Crippen molar-refractivity contribution in [2.24, 2.45) is 0 Å². The summed E-state index contributed by atoms with van der Waals surface area (Å²) in [6, 6.07) is 7.77. The van der Waals surface area contributed by atoms with Crippen LogP contribution in [-0.2, 0) is 22.3 Å². The summed E-state index contributed by atoms with van der Waals surface area (Å²) in [5.41, 5.74) is 1.94. The van der Waals surface area contributed by atoms with E-state index >= 15 is 0 Å². The minimum atomic E-state index is -3.25. The summed E-state index contributed by atoms with van der Waals surface area (Å²) in [7, 11) is 0.299. The first-order valence-corrected chi connectivity index (χ1v) is 8.69. The minimum absolute atomic E-state index is 0.0468. The molecule has 1 unspecified atom stereocenters. The molecule has 0 bridgehead atoms. The molecule has 1 aromatic carbocycles. The molecule has 0 fully saturated rings. The molecule has 0 saturated heterocycles. The average molecular weight is 298 g/mol. The van der Waals surface area contributed by atoms with Crippen LogP contribution >= 0.6 is 0 Å². The molecule has 20 heavy (non-hydrogen) atoms. The molecule has 0 saturated carbocycles. The Kier molecular flexibility index (Phi) is 6.65. The molecule has 0 aromatic heterocycles. The molecule has 0 aliphatic heterocycles. The van der Waals surface area contributed by atoms with Crippen LogP contribution < -0.4 is 5.32 Å². The van der Waals surface area contributed by atoms with E-state index in [9.17, 15) is 8.42 Å². The van der Waals surface area contributed by atoms with Crippen molar-refractivity contribution in [1.82, 2.24) is 9.62 Å². The van der Waals surface area contributed by atoms with Gasteiger partial charge in [-0.1, -0.05) is 37.6 Å². The Balaban J connectivity index is 2.82. The van der Waals surface area contributed by atoms with Crippen LogP contribution in [0.25, 0.3) is 0 Å². The van der Waals surface area contributed by atoms with Gasteiger partial charge in [-0.15, -0.1) is 0 Å². The molecule has 0 spiro atoms. The SMILES string of the molecule is CCCC(C)N(C)S(=O)(=O)Cc1cccc(CNC)c1. The number of hydrogen-bond acceptors (Lipinski definition) is 3. The van der Waals surface area contributed by atoms with Gasteiger partial charge >= 0.3 is 0 Å². The van der Waals surface area contributed by atoms with Crippen LogP contribution in [0, 0.1) is 0 Å². The Bertz CT molecular complexity index is 514. The topological polar surface area (TPSA) is 49.4 Å². The van der Waals surface area contributed by atoms with E-state index in [4.69, 9.17) is 0 Å². The van der Waals surface area contributed by atoms with Gasteiger partial charge in [-0.25, -0.2) is 12.7 Å². The first kappa shape index (κ1) is 17.1. The van der Waals surface area contributed by atoms with Gasteiger partial charge in [0, 0.05) is 19.6 Å². The maximum atomic E-state index is 12.4. The van der Waals surface area contributed by atoms with Crippen molar-refractivity contribution in [2.45, 2.75) is 45.0 Å². The average Bonchev–Trinajstić information content (AvgIpc) is 2.38. The summed E-state index contributed by atoms with van der Waals surface area (Å²) in [5.74, 6) is 0.0646. The molecular formula is C15H26N2O2S. The Labute approximate surface area is 123 Å². The highest BCUT2D eigenvalue weighted by molar-refractivity contribution is 7.88. The predicted octanol–water partition coefficient (Wildman–Crippen LogP) is 2.36. The molecule has 0 amide bonds. The first-order chi connectivity index (χ1) is 9.40. The third-order valence-electron chi connectivity index (χ3n) is 3.49. The zero-order chi connectivity index (χ0) is 15.2. The number of rotatable bonds is 8. The summed E-state index contributed by atoms with van der Waals surface area (Å²) in [6.07, 6.45) is 1.87. The van der Waals surface area contributed by atoms with Crippen LogP contribution in [0.4, 0.5) is 0 Å². The second kappa shape index (κ2) is 7.76. The van der Waals surface area contributed by atoms with Crippen LogP contribution in [0.1, 0.15) is 37.8 Å². The second-order valence-corrected chi connectivity index (χ2v) is 7.29. The van der Waals surface area contributed by atoms with Gasteiger partial charge in [0.15, 0.2) is 0 Å². The molecular weight excluding hydrogens is 272 g/mol. The number of nitrogens with zero attached hydrogens (tertiary/aromatic N) is 1. The number of benzene rings is 1. The van der Waals surface area contributed by atoms with Crippen molar-refractivity contribution in [2.75, 3.05) is 14.1 Å². The number of nitrogens with one attached hydrogen (secondary N) is 1. The van der Waals surface area contributed by atoms with Crippen molar-refractivity contribution < 1.29 is 8.42 Å². The Morgan fingerprint density at radius 1 is 1.30 bits per heavy atom. The highest BCUT2D eigenvalue weighted by atomic mass is 32.2. The van der Waals surface area contributed by atoms with E-state index in [0.717, 1.165) is 30.5 Å². The fourth-order valence-corrected chi connectivity index (χ4v) is 3.68. The Hall–Kier alpha value is -0.910. The smallest absolute Gasteiger partial charge is 0.218 e. The summed E-state index contributed by atoms with van der Waals surface area (Å²) in [6.45, 7) is 4.77. The van der Waals surface area contributed by atoms with Gasteiger partial charge in [-0.2, -0.15) is 0 Å². The van der Waals surface area contributed by atoms with E-state index < -0.39 is 10.0 Å². The molecule has 1 atom stereocenters. The molecule has 1 rings (SSSR count). The number of sulfonamides is 1. The van der Waals surface area contributed by atoms with Gasteiger partial charge in [0.25, 0.3) is 0 Å². The number of hydrogen-bond donors (Lipinski definition) is 1. The highest BCUT2D eigenvalue weighted by Gasteiger charge is 2.23. The van der Waals surface area contributed by atoms with Gasteiger partial charge in [-0.3, -0.25) is 0 Å². The van der Waals surface area contributed by atoms with Crippen molar-refractivity contribution in [3.8, 4) is 0 Å². The molecule has 0 heterocycles. The lowest BCUT2D eigenvalue weighted by Gasteiger charge is -2.24. The van der Waals surface area contributed by atoms with Gasteiger partial charge in [0.05, 0.1) is 5.75 Å². The van der Waals surface area contributed by atoms with Crippen molar-refractivity contribution in [1.29, 1.82) is 0 Å². The van der Waals surface area contributed by atoms with Crippen molar-refractivity contribution >= 4 is 10.0 Å². The lowest BCUT2D eigenvalue weighted by Crippen LogP contribution is -2.35. The summed E-state index contributed by atoms with van der Waals surface area (Å²) < 4.78 is 26.3. The maximum Gasteiger partial charge on any atom is 0.218 e. The van der Waals surface area contributed by atoms with E-state index in [1.807, 2.05) is 38.2 Å². The van der Waals surface area contributed by atoms with Crippen LogP contribution in [0.2, 0.25) is 0 Å².